The zero-order chi connectivity index (χ0) is 84.9. The first-order chi connectivity index (χ1) is 59.8. The van der Waals surface area contributed by atoms with Gasteiger partial charge in [-0.3, -0.25) is 0 Å². The van der Waals surface area contributed by atoms with Crippen molar-refractivity contribution in [2.75, 3.05) is 0 Å². The first-order valence-electron chi connectivity index (χ1n) is 45.0. The van der Waals surface area contributed by atoms with Gasteiger partial charge in [0, 0.05) is 101 Å². The van der Waals surface area contributed by atoms with E-state index in [0.29, 0.717) is 23.7 Å². The van der Waals surface area contributed by atoms with Gasteiger partial charge in [0.2, 0.25) is 33.8 Å². The molecule has 5 aliphatic rings. The standard InChI is InChI=1S/C24H28N.2C21H20N.C19H18N.C17H14N.C15H16N.Ir/c1-16(2)11-18-13-20(12-17(3)4)22-15-25-23-8-6-5-7-19(23)9-10-24(25)21(22)14-18;1-2-5-14-8-9-17-13-22-19-7-4-3-6-15(19)12-16-10-11-18(14)20(17)21(16)22;1-16(2)13-17-11-12-22-21(14-17)20-10-6-9-19(15-20)18-7-4-3-5-8-18;1-12-4-5-15-6-7-20-11-18-14(3)8-13(2)10-17(18)19(20)16(15)9-12;1-12-6-7-14-11-18-9-8-13-4-2-3-5-15(13)17(18)16(14)10-12;1-12(2)10-13-8-9-16-15(11-13)14-6-4-3-5-7-14;/h5-10,13-14,16-17H,11-12,15H2,1-4H3;3-4,6-9,12H,2,5,10-11,13H2,1H3;3-9,11-12,14-16H,13H2,1-2H3;4-10H,11H2,1-3H3;2-10H,11H2,1H3;3-6,8-9,11-12H,10H2,1-2H3;/q2*+1;-1;2*+1;-1;. The van der Waals surface area contributed by atoms with Crippen molar-refractivity contribution in [3.63, 3.8) is 0 Å². The summed E-state index contributed by atoms with van der Waals surface area (Å²) in [6, 6.07) is 105. The summed E-state index contributed by atoms with van der Waals surface area (Å²) in [5, 5.41) is 8.07. The van der Waals surface area contributed by atoms with Crippen molar-refractivity contribution in [2.24, 2.45) is 23.7 Å². The molecule has 22 rings (SSSR count). The van der Waals surface area contributed by atoms with Crippen LogP contribution in [0.1, 0.15) is 152 Å². The molecule has 1 radical (unpaired) electrons. The number of rotatable bonds is 13. The van der Waals surface area contributed by atoms with Crippen LogP contribution in [0.2, 0.25) is 0 Å². The number of pyridine rings is 6. The number of fused-ring (bicyclic) bond motifs is 17. The van der Waals surface area contributed by atoms with Crippen molar-refractivity contribution in [3.8, 4) is 78.7 Å². The number of aromatic nitrogens is 6. The number of hydrogen-bond acceptors (Lipinski definition) is 2. The third kappa shape index (κ3) is 18.6. The van der Waals surface area contributed by atoms with Crippen molar-refractivity contribution in [1.82, 2.24) is 9.97 Å². The maximum absolute atomic E-state index is 4.52. The van der Waals surface area contributed by atoms with Crippen LogP contribution >= 0.6 is 0 Å². The third-order valence-electron chi connectivity index (χ3n) is 24.9. The summed E-state index contributed by atoms with van der Waals surface area (Å²) in [6.07, 6.45) is 17.6. The second-order valence-corrected chi connectivity index (χ2v) is 36.4. The van der Waals surface area contributed by atoms with Gasteiger partial charge >= 0.3 is 0 Å². The fourth-order valence-electron chi connectivity index (χ4n) is 19.5. The number of benzene rings is 11. The minimum absolute atomic E-state index is 0. The van der Waals surface area contributed by atoms with Crippen LogP contribution in [-0.4, -0.2) is 9.97 Å². The SMILES string of the molecule is CC(C)Cc1cc(CC(C)C)c2c(c1)-c1ccc3ccccc3[n+]1C2.CC(C)Cc1ccnc(-c2[c-]ccc(-c3ccccc3)c2)c1.CC(C)Cc1ccnc(-c2[c-]cccc2)c1.CCCc1ccc2c3c1CCc1cc4ccccc4[n+](c1-3)C2.Cc1cc(C)c2c(c1)-c1c3cc(C)ccc3cc[n+]1C2.Cc1ccc2c(c1)-c1c3ccccc3cc[n+]1C2.[Ir]. The van der Waals surface area contributed by atoms with Crippen molar-refractivity contribution >= 4 is 43.4 Å². The van der Waals surface area contributed by atoms with Crippen LogP contribution in [0.4, 0.5) is 0 Å². The van der Waals surface area contributed by atoms with E-state index < -0.39 is 0 Å². The maximum Gasteiger partial charge on any atom is 0.221 e. The summed E-state index contributed by atoms with van der Waals surface area (Å²) < 4.78 is 9.79. The van der Waals surface area contributed by atoms with Crippen molar-refractivity contribution in [1.29, 1.82) is 0 Å². The van der Waals surface area contributed by atoms with Gasteiger partial charge in [0.15, 0.2) is 38.6 Å². The van der Waals surface area contributed by atoms with E-state index in [-0.39, 0.29) is 20.1 Å². The van der Waals surface area contributed by atoms with E-state index in [9.17, 15) is 0 Å². The van der Waals surface area contributed by atoms with E-state index in [4.69, 9.17) is 0 Å². The van der Waals surface area contributed by atoms with Crippen LogP contribution in [0.5, 0.6) is 0 Å². The smallest absolute Gasteiger partial charge is 0.221 e. The van der Waals surface area contributed by atoms with Crippen LogP contribution in [-0.2, 0) is 91.2 Å². The molecular weight excluding hydrogens is 1680 g/mol. The van der Waals surface area contributed by atoms with Gasteiger partial charge in [-0.25, -0.2) is 0 Å². The fraction of sp³-hybridized carbons (Fsp3) is 0.248. The zero-order valence-corrected chi connectivity index (χ0v) is 77.0. The molecule has 1 aliphatic carbocycles. The van der Waals surface area contributed by atoms with E-state index in [2.05, 4.69) is 379 Å². The molecule has 0 spiro atoms. The molecule has 0 amide bonds. The van der Waals surface area contributed by atoms with Gasteiger partial charge < -0.3 is 9.97 Å². The molecule has 7 heteroatoms. The monoisotopic (exact) mass is 1800 g/mol. The topological polar surface area (TPSA) is 41.3 Å². The van der Waals surface area contributed by atoms with Gasteiger partial charge in [-0.1, -0.05) is 224 Å². The molecule has 6 nitrogen and oxygen atoms in total. The van der Waals surface area contributed by atoms with Crippen LogP contribution in [0.15, 0.2) is 298 Å². The van der Waals surface area contributed by atoms with Crippen molar-refractivity contribution < 1.29 is 38.4 Å². The molecule has 0 unspecified atom stereocenters. The Bertz CT molecular complexity index is 6770. The van der Waals surface area contributed by atoms with Crippen LogP contribution < -0.4 is 18.3 Å². The molecule has 621 valence electrons. The Morgan fingerprint density at radius 2 is 0.968 bits per heavy atom. The molecule has 0 bridgehead atoms. The summed E-state index contributed by atoms with van der Waals surface area (Å²) >= 11 is 0. The molecule has 11 aromatic carbocycles. The molecule has 0 saturated carbocycles. The second kappa shape index (κ2) is 38.0. The Morgan fingerprint density at radius 3 is 1.69 bits per heavy atom. The Hall–Kier alpha value is -12.0. The molecule has 0 saturated heterocycles. The Labute approximate surface area is 749 Å². The quantitative estimate of drug-likeness (QED) is 0.0853. The van der Waals surface area contributed by atoms with E-state index in [1.54, 1.807) is 27.8 Å². The summed E-state index contributed by atoms with van der Waals surface area (Å²) in [7, 11) is 0. The minimum Gasteiger partial charge on any atom is -0.305 e. The molecule has 0 fully saturated rings. The van der Waals surface area contributed by atoms with E-state index >= 15 is 0 Å². The summed E-state index contributed by atoms with van der Waals surface area (Å²) in [5.41, 5.74) is 42.6. The predicted octanol–water partition coefficient (Wildman–Crippen LogP) is 26.5. The van der Waals surface area contributed by atoms with Gasteiger partial charge in [0.1, 0.15) is 0 Å². The molecule has 6 aromatic heterocycles. The van der Waals surface area contributed by atoms with Crippen LogP contribution in [0, 0.1) is 63.5 Å². The first kappa shape index (κ1) is 85.6. The van der Waals surface area contributed by atoms with Gasteiger partial charge in [0.05, 0.1) is 33.0 Å². The molecular formula is C117H116IrN6+2. The maximum atomic E-state index is 4.52. The second-order valence-electron chi connectivity index (χ2n) is 36.4. The molecule has 4 aliphatic heterocycles. The predicted molar refractivity (Wildman–Crippen MR) is 512 cm³/mol. The van der Waals surface area contributed by atoms with E-state index in [1.165, 1.54) is 187 Å². The van der Waals surface area contributed by atoms with Gasteiger partial charge in [0.25, 0.3) is 0 Å². The van der Waals surface area contributed by atoms with Gasteiger partial charge in [-0.2, -0.15) is 18.3 Å². The summed E-state index contributed by atoms with van der Waals surface area (Å²) in [5.74, 6) is 2.70. The van der Waals surface area contributed by atoms with Gasteiger partial charge in [-0.05, 0) is 224 Å². The number of nitrogens with zero attached hydrogens (tertiary/aromatic N) is 6. The third-order valence-corrected chi connectivity index (χ3v) is 24.9. The fourth-order valence-corrected chi connectivity index (χ4v) is 19.5. The van der Waals surface area contributed by atoms with E-state index in [1.807, 2.05) is 48.8 Å². The zero-order valence-electron chi connectivity index (χ0n) is 74.6. The summed E-state index contributed by atoms with van der Waals surface area (Å²) in [6.45, 7) is 33.3. The largest absolute Gasteiger partial charge is 0.305 e. The Balaban J connectivity index is 0.000000110. The van der Waals surface area contributed by atoms with Gasteiger partial charge in [-0.15, -0.1) is 71.3 Å². The molecule has 10 heterocycles. The number of para-hydroxylation sites is 2. The van der Waals surface area contributed by atoms with Crippen LogP contribution in [0.3, 0.4) is 0 Å². The number of aryl methyl sites for hydroxylation is 6. The average Bonchev–Trinajstić information content (AvgIpc) is 1.56. The molecule has 0 atom stereocenters. The number of hydrogen-bond donors (Lipinski definition) is 0. The van der Waals surface area contributed by atoms with Crippen molar-refractivity contribution in [2.45, 2.75) is 168 Å². The van der Waals surface area contributed by atoms with Crippen molar-refractivity contribution in [3.05, 3.63) is 393 Å². The van der Waals surface area contributed by atoms with Crippen LogP contribution in [0.25, 0.3) is 122 Å². The Morgan fingerprint density at radius 1 is 0.363 bits per heavy atom. The normalized spacial score (nSPS) is 12.3. The molecule has 17 aromatic rings. The van der Waals surface area contributed by atoms with E-state index in [0.717, 1.165) is 68.0 Å². The summed E-state index contributed by atoms with van der Waals surface area (Å²) in [4.78, 5) is 8.91. The first-order valence-corrected chi connectivity index (χ1v) is 45.0. The molecule has 124 heavy (non-hydrogen) atoms. The Kier molecular flexibility index (Phi) is 26.2. The average molecular weight is 1800 g/mol. The minimum atomic E-state index is 0. The molecule has 0 N–H and O–H groups in total.